The highest BCUT2D eigenvalue weighted by Crippen LogP contribution is 2.44. The first-order valence-electron chi connectivity index (χ1n) is 12.0. The van der Waals surface area contributed by atoms with Crippen LogP contribution >= 0.6 is 0 Å². The van der Waals surface area contributed by atoms with Crippen molar-refractivity contribution in [2.45, 2.75) is 25.9 Å². The van der Waals surface area contributed by atoms with E-state index in [1.54, 1.807) is 0 Å². The molecule has 4 rings (SSSR count). The Morgan fingerprint density at radius 1 is 0.857 bits per heavy atom. The van der Waals surface area contributed by atoms with Crippen LogP contribution in [0.4, 0.5) is 4.79 Å². The molecule has 6 heteroatoms. The van der Waals surface area contributed by atoms with Gasteiger partial charge in [0, 0.05) is 19.1 Å². The van der Waals surface area contributed by atoms with E-state index in [1.165, 1.54) is 11.1 Å². The van der Waals surface area contributed by atoms with Crippen LogP contribution in [0.5, 0.6) is 0 Å². The van der Waals surface area contributed by atoms with Gasteiger partial charge < -0.3 is 19.5 Å². The molecule has 0 bridgehead atoms. The lowest BCUT2D eigenvalue weighted by molar-refractivity contribution is -0.151. The third kappa shape index (κ3) is 6.28. The molecule has 0 aliphatic heterocycles. The molecule has 0 radical (unpaired) electrons. The SMILES string of the molecule is CCCOC[C@H](CNC(=O)OCC1c2ccccc2-c2ccccc21)C(=O)OCc1ccccc1. The van der Waals surface area contributed by atoms with Gasteiger partial charge in [-0.25, -0.2) is 4.79 Å². The van der Waals surface area contributed by atoms with Crippen molar-refractivity contribution >= 4 is 12.1 Å². The van der Waals surface area contributed by atoms with E-state index in [0.29, 0.717) is 6.61 Å². The van der Waals surface area contributed by atoms with Crippen LogP contribution in [0, 0.1) is 5.92 Å². The van der Waals surface area contributed by atoms with E-state index in [4.69, 9.17) is 14.2 Å². The molecule has 1 amide bonds. The fourth-order valence-corrected chi connectivity index (χ4v) is 4.28. The van der Waals surface area contributed by atoms with Gasteiger partial charge in [0.15, 0.2) is 0 Å². The number of hydrogen-bond donors (Lipinski definition) is 1. The van der Waals surface area contributed by atoms with E-state index in [0.717, 1.165) is 23.1 Å². The predicted octanol–water partition coefficient (Wildman–Crippen LogP) is 5.31. The minimum atomic E-state index is -0.620. The first-order valence-corrected chi connectivity index (χ1v) is 12.0. The van der Waals surface area contributed by atoms with Crippen molar-refractivity contribution in [3.05, 3.63) is 95.6 Å². The van der Waals surface area contributed by atoms with E-state index in [9.17, 15) is 9.59 Å². The van der Waals surface area contributed by atoms with Gasteiger partial charge in [-0.15, -0.1) is 0 Å². The zero-order chi connectivity index (χ0) is 24.5. The van der Waals surface area contributed by atoms with Crippen molar-refractivity contribution in [1.29, 1.82) is 0 Å². The van der Waals surface area contributed by atoms with E-state index in [1.807, 2.05) is 61.5 Å². The molecular formula is C29H31NO5. The number of amides is 1. The van der Waals surface area contributed by atoms with Crippen LogP contribution in [-0.2, 0) is 25.6 Å². The molecule has 0 heterocycles. The zero-order valence-corrected chi connectivity index (χ0v) is 19.9. The molecule has 3 aromatic carbocycles. The predicted molar refractivity (Wildman–Crippen MR) is 134 cm³/mol. The topological polar surface area (TPSA) is 73.9 Å². The Hall–Kier alpha value is -3.64. The van der Waals surface area contributed by atoms with Crippen molar-refractivity contribution in [3.63, 3.8) is 0 Å². The minimum Gasteiger partial charge on any atom is -0.460 e. The first-order chi connectivity index (χ1) is 17.2. The molecule has 182 valence electrons. The Bertz CT molecular complexity index is 1090. The Kier molecular flexibility index (Phi) is 8.52. The first kappa shape index (κ1) is 24.5. The molecule has 1 aliphatic rings. The van der Waals surface area contributed by atoms with Gasteiger partial charge in [-0.1, -0.05) is 85.8 Å². The summed E-state index contributed by atoms with van der Waals surface area (Å²) in [5.41, 5.74) is 5.55. The summed E-state index contributed by atoms with van der Waals surface area (Å²) in [6, 6.07) is 25.8. The summed E-state index contributed by atoms with van der Waals surface area (Å²) >= 11 is 0. The summed E-state index contributed by atoms with van der Waals surface area (Å²) < 4.78 is 16.6. The third-order valence-corrected chi connectivity index (χ3v) is 6.06. The molecule has 1 N–H and O–H groups in total. The number of benzene rings is 3. The van der Waals surface area contributed by atoms with Gasteiger partial charge in [0.25, 0.3) is 0 Å². The molecule has 0 spiro atoms. The fourth-order valence-electron chi connectivity index (χ4n) is 4.28. The standard InChI is InChI=1S/C29H31NO5/c1-2-16-33-19-22(28(31)34-18-21-10-4-3-5-11-21)17-30-29(32)35-20-27-25-14-8-6-12-23(25)24-13-7-9-15-26(24)27/h3-15,22,27H,2,16-20H2,1H3,(H,30,32)/t22-/m0/s1. The van der Waals surface area contributed by atoms with E-state index >= 15 is 0 Å². The lowest BCUT2D eigenvalue weighted by Crippen LogP contribution is -2.37. The normalized spacial score (nSPS) is 12.9. The number of ether oxygens (including phenoxy) is 3. The van der Waals surface area contributed by atoms with Gasteiger partial charge in [0.1, 0.15) is 13.2 Å². The Labute approximate surface area is 206 Å². The highest BCUT2D eigenvalue weighted by molar-refractivity contribution is 5.79. The molecule has 1 atom stereocenters. The number of carbonyl (C=O) groups is 2. The molecule has 3 aromatic rings. The maximum Gasteiger partial charge on any atom is 0.407 e. The van der Waals surface area contributed by atoms with E-state index in [2.05, 4.69) is 29.6 Å². The van der Waals surface area contributed by atoms with Crippen LogP contribution in [0.3, 0.4) is 0 Å². The average Bonchev–Trinajstić information content (AvgIpc) is 3.22. The Balaban J connectivity index is 1.31. The number of nitrogens with one attached hydrogen (secondary N) is 1. The molecule has 0 fully saturated rings. The Morgan fingerprint density at radius 3 is 2.14 bits per heavy atom. The lowest BCUT2D eigenvalue weighted by atomic mass is 9.98. The third-order valence-electron chi connectivity index (χ3n) is 6.06. The molecule has 35 heavy (non-hydrogen) atoms. The van der Waals surface area contributed by atoms with Crippen LogP contribution in [0.25, 0.3) is 11.1 Å². The summed E-state index contributed by atoms with van der Waals surface area (Å²) in [6.07, 6.45) is 0.272. The van der Waals surface area contributed by atoms with Gasteiger partial charge >= 0.3 is 12.1 Å². The molecular weight excluding hydrogens is 442 g/mol. The average molecular weight is 474 g/mol. The van der Waals surface area contributed by atoms with Gasteiger partial charge in [-0.05, 0) is 34.2 Å². The molecule has 0 saturated carbocycles. The van der Waals surface area contributed by atoms with Crippen molar-refractivity contribution in [2.24, 2.45) is 5.92 Å². The van der Waals surface area contributed by atoms with Crippen LogP contribution in [-0.4, -0.2) is 38.4 Å². The number of fused-ring (bicyclic) bond motifs is 3. The molecule has 0 saturated heterocycles. The number of alkyl carbamates (subject to hydrolysis) is 1. The summed E-state index contributed by atoms with van der Waals surface area (Å²) in [7, 11) is 0. The van der Waals surface area contributed by atoms with Crippen molar-refractivity contribution < 1.29 is 23.8 Å². The quantitative estimate of drug-likeness (QED) is 0.302. The van der Waals surface area contributed by atoms with Crippen LogP contribution in [0.15, 0.2) is 78.9 Å². The number of hydrogen-bond acceptors (Lipinski definition) is 5. The number of carbonyl (C=O) groups excluding carboxylic acids is 2. The second-order valence-electron chi connectivity index (χ2n) is 8.57. The van der Waals surface area contributed by atoms with Gasteiger partial charge in [0.05, 0.1) is 12.5 Å². The van der Waals surface area contributed by atoms with Gasteiger partial charge in [-0.3, -0.25) is 4.79 Å². The van der Waals surface area contributed by atoms with Crippen LogP contribution in [0.1, 0.15) is 36.0 Å². The smallest absolute Gasteiger partial charge is 0.407 e. The van der Waals surface area contributed by atoms with Gasteiger partial charge in [-0.2, -0.15) is 0 Å². The monoisotopic (exact) mass is 473 g/mol. The second-order valence-corrected chi connectivity index (χ2v) is 8.57. The van der Waals surface area contributed by atoms with Crippen molar-refractivity contribution in [2.75, 3.05) is 26.4 Å². The fraction of sp³-hybridized carbons (Fsp3) is 0.310. The maximum absolute atomic E-state index is 12.7. The summed E-state index contributed by atoms with van der Waals surface area (Å²) in [5, 5.41) is 2.72. The van der Waals surface area contributed by atoms with E-state index < -0.39 is 18.0 Å². The van der Waals surface area contributed by atoms with Gasteiger partial charge in [0.2, 0.25) is 0 Å². The molecule has 6 nitrogen and oxygen atoms in total. The van der Waals surface area contributed by atoms with E-state index in [-0.39, 0.29) is 32.3 Å². The minimum absolute atomic E-state index is 0.0207. The number of rotatable bonds is 11. The summed E-state index contributed by atoms with van der Waals surface area (Å²) in [5.74, 6) is -1.05. The highest BCUT2D eigenvalue weighted by Gasteiger charge is 2.29. The maximum atomic E-state index is 12.7. The summed E-state index contributed by atoms with van der Waals surface area (Å²) in [6.45, 7) is 3.18. The summed E-state index contributed by atoms with van der Waals surface area (Å²) in [4.78, 5) is 25.2. The molecule has 0 unspecified atom stereocenters. The van der Waals surface area contributed by atoms with Crippen molar-refractivity contribution in [3.8, 4) is 11.1 Å². The zero-order valence-electron chi connectivity index (χ0n) is 19.9. The molecule has 0 aromatic heterocycles. The van der Waals surface area contributed by atoms with Crippen LogP contribution < -0.4 is 5.32 Å². The van der Waals surface area contributed by atoms with Crippen LogP contribution in [0.2, 0.25) is 0 Å². The largest absolute Gasteiger partial charge is 0.460 e. The molecule has 1 aliphatic carbocycles. The Morgan fingerprint density at radius 2 is 1.49 bits per heavy atom. The number of esters is 1. The highest BCUT2D eigenvalue weighted by atomic mass is 16.6. The lowest BCUT2D eigenvalue weighted by Gasteiger charge is -2.18. The van der Waals surface area contributed by atoms with Crippen molar-refractivity contribution in [1.82, 2.24) is 5.32 Å². The second kappa shape index (κ2) is 12.2.